The van der Waals surface area contributed by atoms with Gasteiger partial charge in [-0.2, -0.15) is 5.10 Å². The summed E-state index contributed by atoms with van der Waals surface area (Å²) in [6.07, 6.45) is 6.32. The molecule has 1 amide bonds. The van der Waals surface area contributed by atoms with Crippen LogP contribution >= 0.6 is 0 Å². The summed E-state index contributed by atoms with van der Waals surface area (Å²) in [7, 11) is 5.43. The van der Waals surface area contributed by atoms with Gasteiger partial charge in [-0.05, 0) is 62.8 Å². The molecule has 34 heavy (non-hydrogen) atoms. The van der Waals surface area contributed by atoms with Crippen molar-refractivity contribution in [2.45, 2.75) is 13.3 Å². The summed E-state index contributed by atoms with van der Waals surface area (Å²) in [4.78, 5) is 25.8. The summed E-state index contributed by atoms with van der Waals surface area (Å²) in [5.74, 6) is 1.20. The molecule has 5 rings (SSSR count). The van der Waals surface area contributed by atoms with E-state index in [1.54, 1.807) is 13.3 Å². The summed E-state index contributed by atoms with van der Waals surface area (Å²) < 4.78 is 7.47. The zero-order valence-corrected chi connectivity index (χ0v) is 19.7. The number of nitrogens with one attached hydrogen (secondary N) is 1. The van der Waals surface area contributed by atoms with Gasteiger partial charge in [0.25, 0.3) is 0 Å². The lowest BCUT2D eigenvalue weighted by molar-refractivity contribution is -0.119. The number of aromatic nitrogens is 4. The molecule has 0 radical (unpaired) electrons. The molecule has 3 aromatic heterocycles. The van der Waals surface area contributed by atoms with E-state index in [0.717, 1.165) is 40.0 Å². The number of carbonyl (C=O) groups excluding carboxylic acids is 1. The lowest BCUT2D eigenvalue weighted by Crippen LogP contribution is -2.36. The van der Waals surface area contributed by atoms with Crippen molar-refractivity contribution in [2.24, 2.45) is 0 Å². The summed E-state index contributed by atoms with van der Waals surface area (Å²) in [6.45, 7) is 3.00. The number of pyridine rings is 1. The Morgan fingerprint density at radius 3 is 2.88 bits per heavy atom. The van der Waals surface area contributed by atoms with Gasteiger partial charge in [-0.1, -0.05) is 6.07 Å². The van der Waals surface area contributed by atoms with Gasteiger partial charge in [0.15, 0.2) is 0 Å². The first-order valence-corrected chi connectivity index (χ1v) is 11.1. The summed E-state index contributed by atoms with van der Waals surface area (Å²) in [5, 5.41) is 7.74. The van der Waals surface area contributed by atoms with Crippen LogP contribution in [-0.2, 0) is 11.2 Å². The fourth-order valence-electron chi connectivity index (χ4n) is 4.31. The number of carbonyl (C=O) groups is 1. The van der Waals surface area contributed by atoms with Crippen LogP contribution < -0.4 is 15.0 Å². The lowest BCUT2D eigenvalue weighted by atomic mass is 10.1. The van der Waals surface area contributed by atoms with Crippen molar-refractivity contribution in [3.63, 3.8) is 0 Å². The standard InChI is InChI=1S/C25H27N7O2/c1-16-13-26-25(29-24(16)18-14-27-32-9-6-5-7-20(18)32)28-19-12-21-17(11-22(19)34-4)8-10-31(21)23(33)15-30(2)3/h5-7,9,11-14H,8,10,15H2,1-4H3,(H,26,28,29). The number of amides is 1. The number of methoxy groups -OCH3 is 1. The van der Waals surface area contributed by atoms with Gasteiger partial charge in [-0.15, -0.1) is 0 Å². The van der Waals surface area contributed by atoms with Crippen LogP contribution in [0.15, 0.2) is 48.9 Å². The van der Waals surface area contributed by atoms with E-state index in [9.17, 15) is 4.79 Å². The highest BCUT2D eigenvalue weighted by Gasteiger charge is 2.27. The van der Waals surface area contributed by atoms with Crippen molar-refractivity contribution in [1.29, 1.82) is 0 Å². The smallest absolute Gasteiger partial charge is 0.241 e. The van der Waals surface area contributed by atoms with E-state index in [1.165, 1.54) is 0 Å². The predicted octanol–water partition coefficient (Wildman–Crippen LogP) is 3.30. The topological polar surface area (TPSA) is 87.9 Å². The van der Waals surface area contributed by atoms with Crippen molar-refractivity contribution >= 4 is 28.7 Å². The fourth-order valence-corrected chi connectivity index (χ4v) is 4.31. The minimum Gasteiger partial charge on any atom is -0.495 e. The second kappa shape index (κ2) is 8.75. The molecular weight excluding hydrogens is 430 g/mol. The lowest BCUT2D eigenvalue weighted by Gasteiger charge is -2.21. The van der Waals surface area contributed by atoms with E-state index in [0.29, 0.717) is 30.5 Å². The van der Waals surface area contributed by atoms with Crippen LogP contribution in [0.4, 0.5) is 17.3 Å². The number of hydrogen-bond donors (Lipinski definition) is 1. The van der Waals surface area contributed by atoms with Crippen molar-refractivity contribution in [3.05, 3.63) is 60.0 Å². The van der Waals surface area contributed by atoms with Crippen LogP contribution in [0.25, 0.3) is 16.8 Å². The Labute approximate surface area is 198 Å². The highest BCUT2D eigenvalue weighted by atomic mass is 16.5. The first-order chi connectivity index (χ1) is 16.4. The summed E-state index contributed by atoms with van der Waals surface area (Å²) >= 11 is 0. The third-order valence-electron chi connectivity index (χ3n) is 5.95. The fraction of sp³-hybridized carbons (Fsp3) is 0.280. The number of rotatable bonds is 6. The van der Waals surface area contributed by atoms with Crippen molar-refractivity contribution in [1.82, 2.24) is 24.5 Å². The number of hydrogen-bond acceptors (Lipinski definition) is 7. The largest absolute Gasteiger partial charge is 0.495 e. The molecule has 0 saturated heterocycles. The summed E-state index contributed by atoms with van der Waals surface area (Å²) in [5.41, 5.74) is 6.36. The van der Waals surface area contributed by atoms with Gasteiger partial charge in [0.05, 0.1) is 36.7 Å². The van der Waals surface area contributed by atoms with E-state index < -0.39 is 0 Å². The Hall–Kier alpha value is -3.98. The van der Waals surface area contributed by atoms with Gasteiger partial charge in [-0.25, -0.2) is 14.5 Å². The molecule has 0 fully saturated rings. The molecular formula is C25H27N7O2. The molecule has 174 valence electrons. The molecule has 0 aliphatic carbocycles. The van der Waals surface area contributed by atoms with E-state index in [1.807, 2.05) is 78.1 Å². The third kappa shape index (κ3) is 3.94. The Morgan fingerprint density at radius 1 is 1.24 bits per heavy atom. The number of benzene rings is 1. The molecule has 1 aliphatic rings. The second-order valence-corrected chi connectivity index (χ2v) is 8.65. The van der Waals surface area contributed by atoms with Crippen LogP contribution in [0.2, 0.25) is 0 Å². The van der Waals surface area contributed by atoms with Crippen molar-refractivity contribution in [3.8, 4) is 17.0 Å². The highest BCUT2D eigenvalue weighted by molar-refractivity contribution is 5.98. The minimum absolute atomic E-state index is 0.0711. The molecule has 1 aromatic carbocycles. The molecule has 0 saturated carbocycles. The Bertz CT molecular complexity index is 1380. The van der Waals surface area contributed by atoms with Gasteiger partial charge in [0, 0.05) is 30.2 Å². The Morgan fingerprint density at radius 2 is 2.09 bits per heavy atom. The molecule has 1 N–H and O–H groups in total. The van der Waals surface area contributed by atoms with Gasteiger partial charge in [0.1, 0.15) is 5.75 Å². The van der Waals surface area contributed by atoms with Crippen LogP contribution in [-0.4, -0.2) is 64.7 Å². The van der Waals surface area contributed by atoms with Gasteiger partial charge < -0.3 is 19.9 Å². The number of likely N-dealkylation sites (N-methyl/N-ethyl adjacent to an activating group) is 1. The summed E-state index contributed by atoms with van der Waals surface area (Å²) in [6, 6.07) is 9.87. The number of anilines is 3. The average molecular weight is 458 g/mol. The second-order valence-electron chi connectivity index (χ2n) is 8.65. The molecule has 9 nitrogen and oxygen atoms in total. The molecule has 1 aliphatic heterocycles. The maximum absolute atomic E-state index is 12.8. The minimum atomic E-state index is 0.0711. The normalized spacial score (nSPS) is 12.9. The first-order valence-electron chi connectivity index (χ1n) is 11.1. The quantitative estimate of drug-likeness (QED) is 0.475. The number of fused-ring (bicyclic) bond motifs is 2. The van der Waals surface area contributed by atoms with Crippen LogP contribution in [0.3, 0.4) is 0 Å². The van der Waals surface area contributed by atoms with Gasteiger partial charge >= 0.3 is 0 Å². The van der Waals surface area contributed by atoms with Crippen molar-refractivity contribution < 1.29 is 9.53 Å². The zero-order valence-electron chi connectivity index (χ0n) is 19.7. The predicted molar refractivity (Wildman–Crippen MR) is 132 cm³/mol. The van der Waals surface area contributed by atoms with E-state index in [4.69, 9.17) is 9.72 Å². The molecule has 9 heteroatoms. The average Bonchev–Trinajstić information content (AvgIpc) is 3.43. The highest BCUT2D eigenvalue weighted by Crippen LogP contribution is 2.38. The maximum atomic E-state index is 12.8. The zero-order chi connectivity index (χ0) is 23.8. The molecule has 4 aromatic rings. The number of ether oxygens (including phenoxy) is 1. The number of aryl methyl sites for hydroxylation is 1. The van der Waals surface area contributed by atoms with Gasteiger partial charge in [-0.3, -0.25) is 4.79 Å². The molecule has 0 bridgehead atoms. The van der Waals surface area contributed by atoms with E-state index in [-0.39, 0.29) is 5.91 Å². The van der Waals surface area contributed by atoms with E-state index >= 15 is 0 Å². The number of nitrogens with zero attached hydrogens (tertiary/aromatic N) is 6. The Balaban J connectivity index is 1.50. The third-order valence-corrected chi connectivity index (χ3v) is 5.95. The first kappa shape index (κ1) is 21.8. The molecule has 0 atom stereocenters. The maximum Gasteiger partial charge on any atom is 0.241 e. The molecule has 0 spiro atoms. The van der Waals surface area contributed by atoms with Crippen LogP contribution in [0.1, 0.15) is 11.1 Å². The molecule has 4 heterocycles. The van der Waals surface area contributed by atoms with Crippen LogP contribution in [0.5, 0.6) is 5.75 Å². The van der Waals surface area contributed by atoms with Gasteiger partial charge in [0.2, 0.25) is 11.9 Å². The monoisotopic (exact) mass is 457 g/mol. The SMILES string of the molecule is COc1cc2c(cc1Nc1ncc(C)c(-c3cnn4ccccc34)n1)N(C(=O)CN(C)C)CC2. The van der Waals surface area contributed by atoms with Crippen molar-refractivity contribution in [2.75, 3.05) is 44.5 Å². The van der Waals surface area contributed by atoms with Crippen LogP contribution in [0, 0.1) is 6.92 Å². The molecule has 0 unspecified atom stereocenters. The van der Waals surface area contributed by atoms with E-state index in [2.05, 4.69) is 15.4 Å². The Kier molecular flexibility index (Phi) is 5.62.